The minimum Gasteiger partial charge on any atom is -0.356 e. The highest BCUT2D eigenvalue weighted by molar-refractivity contribution is 5.59. The van der Waals surface area contributed by atoms with E-state index < -0.39 is 0 Å². The molecule has 0 fully saturated rings. The molecule has 30 heavy (non-hydrogen) atoms. The van der Waals surface area contributed by atoms with Crippen molar-refractivity contribution >= 4 is 11.4 Å². The maximum Gasteiger partial charge on any atom is 0.0384 e. The number of anilines is 2. The van der Waals surface area contributed by atoms with Crippen LogP contribution in [0.4, 0.5) is 11.4 Å². The lowest BCUT2D eigenvalue weighted by molar-refractivity contribution is 0.641. The van der Waals surface area contributed by atoms with Gasteiger partial charge in [-0.1, -0.05) is 110 Å². The number of aryl methyl sites for hydroxylation is 2. The van der Waals surface area contributed by atoms with Crippen LogP contribution in [0.5, 0.6) is 0 Å². The summed E-state index contributed by atoms with van der Waals surface area (Å²) >= 11 is 0. The summed E-state index contributed by atoms with van der Waals surface area (Å²) in [6.07, 6.45) is 0. The zero-order chi connectivity index (χ0) is 21.4. The van der Waals surface area contributed by atoms with Crippen LogP contribution in [0.1, 0.15) is 36.1 Å². The van der Waals surface area contributed by atoms with Crippen molar-refractivity contribution in [3.05, 3.63) is 131 Å². The lowest BCUT2D eigenvalue weighted by Crippen LogP contribution is -2.18. The Morgan fingerprint density at radius 3 is 1.13 bits per heavy atom. The van der Waals surface area contributed by atoms with Gasteiger partial charge >= 0.3 is 0 Å². The highest BCUT2D eigenvalue weighted by Crippen LogP contribution is 2.30. The van der Waals surface area contributed by atoms with Crippen molar-refractivity contribution in [2.75, 3.05) is 5.32 Å². The average molecular weight is 394 g/mol. The quantitative estimate of drug-likeness (QED) is 0.370. The highest BCUT2D eigenvalue weighted by Gasteiger charge is 2.21. The van der Waals surface area contributed by atoms with Crippen molar-refractivity contribution in [3.63, 3.8) is 0 Å². The second-order valence-corrected chi connectivity index (χ2v) is 8.21. The first-order chi connectivity index (χ1) is 14.4. The molecule has 0 saturated carbocycles. The smallest absolute Gasteiger partial charge is 0.0384 e. The van der Waals surface area contributed by atoms with E-state index >= 15 is 0 Å². The Kier molecular flexibility index (Phi) is 7.08. The van der Waals surface area contributed by atoms with Crippen molar-refractivity contribution in [1.29, 1.82) is 0 Å². The molecule has 4 aromatic carbocycles. The first-order valence-electron chi connectivity index (χ1n) is 10.5. The molecule has 0 spiro atoms. The fourth-order valence-electron chi connectivity index (χ4n) is 3.32. The standard InChI is InChI=1S/C15H16.C14H15N/c1-15(2,13-9-5-3-6-10-13)14-11-7-4-8-12-14;1-11-3-7-13(8-4-11)15-14-9-5-12(2)6-10-14/h3-12H,1-2H3;3-10,15H,1-2H3. The maximum absolute atomic E-state index is 3.36. The predicted octanol–water partition coefficient (Wildman–Crippen LogP) is 8.06. The summed E-state index contributed by atoms with van der Waals surface area (Å²) in [4.78, 5) is 0. The van der Waals surface area contributed by atoms with E-state index in [0.29, 0.717) is 0 Å². The maximum atomic E-state index is 3.36. The van der Waals surface area contributed by atoms with E-state index in [-0.39, 0.29) is 5.41 Å². The average Bonchev–Trinajstić information content (AvgIpc) is 2.78. The van der Waals surface area contributed by atoms with Gasteiger partial charge in [0.1, 0.15) is 0 Å². The van der Waals surface area contributed by atoms with E-state index in [4.69, 9.17) is 0 Å². The van der Waals surface area contributed by atoms with Crippen molar-refractivity contribution in [1.82, 2.24) is 0 Å². The van der Waals surface area contributed by atoms with E-state index in [1.165, 1.54) is 22.3 Å². The summed E-state index contributed by atoms with van der Waals surface area (Å²) in [7, 11) is 0. The van der Waals surface area contributed by atoms with Crippen molar-refractivity contribution in [2.45, 2.75) is 33.1 Å². The Bertz CT molecular complexity index is 930. The molecule has 0 atom stereocenters. The monoisotopic (exact) mass is 393 g/mol. The van der Waals surface area contributed by atoms with Crippen LogP contribution in [0.15, 0.2) is 109 Å². The SMILES string of the molecule is CC(C)(c1ccccc1)c1ccccc1.Cc1ccc(Nc2ccc(C)cc2)cc1. The van der Waals surface area contributed by atoms with Crippen molar-refractivity contribution < 1.29 is 0 Å². The molecule has 0 amide bonds. The third-order valence-electron chi connectivity index (χ3n) is 5.38. The number of rotatable bonds is 4. The van der Waals surface area contributed by atoms with Gasteiger partial charge in [0.2, 0.25) is 0 Å². The van der Waals surface area contributed by atoms with Crippen molar-refractivity contribution in [2.24, 2.45) is 0 Å². The zero-order valence-corrected chi connectivity index (χ0v) is 18.4. The Labute approximate surface area is 181 Å². The van der Waals surface area contributed by atoms with Gasteiger partial charge in [-0.3, -0.25) is 0 Å². The third-order valence-corrected chi connectivity index (χ3v) is 5.38. The molecule has 0 saturated heterocycles. The molecule has 0 aliphatic rings. The summed E-state index contributed by atoms with van der Waals surface area (Å²) in [5.41, 5.74) is 7.62. The topological polar surface area (TPSA) is 12.0 Å². The van der Waals surface area contributed by atoms with E-state index in [0.717, 1.165) is 11.4 Å². The van der Waals surface area contributed by atoms with Gasteiger partial charge in [0.05, 0.1) is 0 Å². The largest absolute Gasteiger partial charge is 0.356 e. The van der Waals surface area contributed by atoms with Crippen LogP contribution in [-0.2, 0) is 5.41 Å². The molecular formula is C29H31N. The van der Waals surface area contributed by atoms with Gasteiger partial charge in [-0.25, -0.2) is 0 Å². The van der Waals surface area contributed by atoms with Gasteiger partial charge in [-0.15, -0.1) is 0 Å². The summed E-state index contributed by atoms with van der Waals surface area (Å²) in [5.74, 6) is 0. The van der Waals surface area contributed by atoms with E-state index in [1.54, 1.807) is 0 Å². The van der Waals surface area contributed by atoms with Crippen LogP contribution < -0.4 is 5.32 Å². The van der Waals surface area contributed by atoms with E-state index in [1.807, 2.05) is 0 Å². The van der Waals surface area contributed by atoms with Crippen LogP contribution in [0.3, 0.4) is 0 Å². The zero-order valence-electron chi connectivity index (χ0n) is 18.4. The van der Waals surface area contributed by atoms with E-state index in [2.05, 4.69) is 142 Å². The molecular weight excluding hydrogens is 362 g/mol. The molecule has 0 heterocycles. The summed E-state index contributed by atoms with van der Waals surface area (Å²) in [6, 6.07) is 38.1. The predicted molar refractivity (Wildman–Crippen MR) is 131 cm³/mol. The molecule has 0 aliphatic heterocycles. The minimum absolute atomic E-state index is 0.0858. The molecule has 0 bridgehead atoms. The number of hydrogen-bond donors (Lipinski definition) is 1. The molecule has 1 nitrogen and oxygen atoms in total. The van der Waals surface area contributed by atoms with Gasteiger partial charge in [0, 0.05) is 16.8 Å². The van der Waals surface area contributed by atoms with Gasteiger partial charge in [0.25, 0.3) is 0 Å². The normalized spacial score (nSPS) is 10.7. The molecule has 0 radical (unpaired) electrons. The van der Waals surface area contributed by atoms with Crippen LogP contribution in [0, 0.1) is 13.8 Å². The Hall–Kier alpha value is -3.32. The fourth-order valence-corrected chi connectivity index (χ4v) is 3.32. The van der Waals surface area contributed by atoms with Crippen molar-refractivity contribution in [3.8, 4) is 0 Å². The van der Waals surface area contributed by atoms with Gasteiger partial charge < -0.3 is 5.32 Å². The number of nitrogens with one attached hydrogen (secondary N) is 1. The van der Waals surface area contributed by atoms with Crippen LogP contribution in [-0.4, -0.2) is 0 Å². The minimum atomic E-state index is 0.0858. The molecule has 4 rings (SSSR count). The number of benzene rings is 4. The van der Waals surface area contributed by atoms with Gasteiger partial charge in [0.15, 0.2) is 0 Å². The van der Waals surface area contributed by atoms with E-state index in [9.17, 15) is 0 Å². The molecule has 1 heteroatoms. The van der Waals surface area contributed by atoms with Gasteiger partial charge in [-0.05, 0) is 49.2 Å². The second kappa shape index (κ2) is 9.93. The lowest BCUT2D eigenvalue weighted by atomic mass is 9.78. The summed E-state index contributed by atoms with van der Waals surface area (Å²) in [6.45, 7) is 8.71. The first kappa shape index (κ1) is 21.4. The Morgan fingerprint density at radius 1 is 0.467 bits per heavy atom. The molecule has 0 aromatic heterocycles. The molecule has 0 aliphatic carbocycles. The first-order valence-corrected chi connectivity index (χ1v) is 10.5. The lowest BCUT2D eigenvalue weighted by Gasteiger charge is -2.25. The molecule has 4 aromatic rings. The summed E-state index contributed by atoms with van der Waals surface area (Å²) < 4.78 is 0. The third kappa shape index (κ3) is 5.84. The number of hydrogen-bond acceptors (Lipinski definition) is 1. The fraction of sp³-hybridized carbons (Fsp3) is 0.172. The van der Waals surface area contributed by atoms with Crippen LogP contribution >= 0.6 is 0 Å². The second-order valence-electron chi connectivity index (χ2n) is 8.21. The Morgan fingerprint density at radius 2 is 0.800 bits per heavy atom. The van der Waals surface area contributed by atoms with Crippen LogP contribution in [0.2, 0.25) is 0 Å². The van der Waals surface area contributed by atoms with Crippen LogP contribution in [0.25, 0.3) is 0 Å². The molecule has 1 N–H and O–H groups in total. The Balaban J connectivity index is 0.000000171. The molecule has 0 unspecified atom stereocenters. The highest BCUT2D eigenvalue weighted by atomic mass is 14.9. The molecule has 152 valence electrons. The van der Waals surface area contributed by atoms with Gasteiger partial charge in [-0.2, -0.15) is 0 Å². The summed E-state index contributed by atoms with van der Waals surface area (Å²) in [5, 5.41) is 3.36.